The molecule has 0 aromatic carbocycles. The van der Waals surface area contributed by atoms with Crippen LogP contribution in [0, 0.1) is 34.5 Å². The Morgan fingerprint density at radius 2 is 1.93 bits per heavy atom. The Balaban J connectivity index is 1.49. The molecule has 0 saturated heterocycles. The van der Waals surface area contributed by atoms with Crippen LogP contribution in [0.15, 0.2) is 11.6 Å². The third kappa shape index (κ3) is 3.11. The van der Waals surface area contributed by atoms with Crippen molar-refractivity contribution in [2.24, 2.45) is 34.5 Å². The minimum Gasteiger partial charge on any atom is -0.481 e. The van der Waals surface area contributed by atoms with Crippen LogP contribution in [0.5, 0.6) is 0 Å². The number of hydrogen-bond acceptors (Lipinski definition) is 3. The number of carboxylic acid groups (broad SMARTS) is 1. The number of allylic oxidation sites excluding steroid dienone is 1. The van der Waals surface area contributed by atoms with Crippen LogP contribution in [0.4, 0.5) is 0 Å². The molecule has 156 valence electrons. The molecule has 0 amide bonds. The first-order valence-corrected chi connectivity index (χ1v) is 11.4. The predicted octanol–water partition coefficient (Wildman–Crippen LogP) is 5.36. The molecule has 7 atom stereocenters. The quantitative estimate of drug-likeness (QED) is 0.400. The molecular weight excluding hydrogens is 352 g/mol. The fraction of sp³-hybridized carbons (Fsp3) is 0.833. The summed E-state index contributed by atoms with van der Waals surface area (Å²) in [6, 6.07) is 0. The lowest BCUT2D eigenvalue weighted by Gasteiger charge is -2.58. The van der Waals surface area contributed by atoms with E-state index in [1.54, 1.807) is 0 Å². The maximum atomic E-state index is 11.8. The normalized spacial score (nSPS) is 44.7. The molecule has 1 N–H and O–H groups in total. The van der Waals surface area contributed by atoms with Crippen LogP contribution in [0.3, 0.4) is 0 Å². The van der Waals surface area contributed by atoms with E-state index in [1.165, 1.54) is 44.1 Å². The molecule has 0 aromatic heterocycles. The highest BCUT2D eigenvalue weighted by molar-refractivity contribution is 5.90. The third-order valence-corrected chi connectivity index (χ3v) is 9.34. The van der Waals surface area contributed by atoms with E-state index >= 15 is 0 Å². The first-order valence-electron chi connectivity index (χ1n) is 11.4. The van der Waals surface area contributed by atoms with Gasteiger partial charge in [-0.3, -0.25) is 9.59 Å². The van der Waals surface area contributed by atoms with Gasteiger partial charge < -0.3 is 9.84 Å². The van der Waals surface area contributed by atoms with E-state index < -0.39 is 18.4 Å². The van der Waals surface area contributed by atoms with Crippen molar-refractivity contribution in [3.05, 3.63) is 11.6 Å². The predicted molar refractivity (Wildman–Crippen MR) is 108 cm³/mol. The van der Waals surface area contributed by atoms with Crippen LogP contribution in [-0.2, 0) is 14.3 Å². The van der Waals surface area contributed by atoms with Crippen molar-refractivity contribution in [1.82, 2.24) is 0 Å². The average molecular weight is 389 g/mol. The Morgan fingerprint density at radius 1 is 1.14 bits per heavy atom. The van der Waals surface area contributed by atoms with Crippen LogP contribution in [0.1, 0.15) is 85.0 Å². The van der Waals surface area contributed by atoms with Gasteiger partial charge in [-0.05, 0) is 79.4 Å². The molecule has 0 aliphatic heterocycles. The molecule has 4 aliphatic carbocycles. The summed E-state index contributed by atoms with van der Waals surface area (Å²) in [4.78, 5) is 22.5. The second-order valence-electron chi connectivity index (χ2n) is 10.4. The molecule has 0 spiro atoms. The first-order chi connectivity index (χ1) is 13.3. The van der Waals surface area contributed by atoms with Crippen molar-refractivity contribution >= 4 is 11.9 Å². The number of carbonyl (C=O) groups excluding carboxylic acids is 1. The summed E-state index contributed by atoms with van der Waals surface area (Å²) in [5.41, 5.74) is 2.26. The highest BCUT2D eigenvalue weighted by Gasteiger charge is 2.58. The molecule has 0 bridgehead atoms. The van der Waals surface area contributed by atoms with E-state index in [4.69, 9.17) is 9.84 Å². The molecule has 0 radical (unpaired) electrons. The van der Waals surface area contributed by atoms with E-state index in [0.29, 0.717) is 5.41 Å². The molecule has 4 aliphatic rings. The van der Waals surface area contributed by atoms with E-state index in [-0.39, 0.29) is 11.5 Å². The summed E-state index contributed by atoms with van der Waals surface area (Å²) >= 11 is 0. The molecule has 0 unspecified atom stereocenters. The van der Waals surface area contributed by atoms with Crippen molar-refractivity contribution < 1.29 is 19.4 Å². The molecule has 4 heteroatoms. The van der Waals surface area contributed by atoms with Crippen LogP contribution in [0.2, 0.25) is 0 Å². The smallest absolute Gasteiger partial charge is 0.317 e. The second-order valence-corrected chi connectivity index (χ2v) is 10.4. The van der Waals surface area contributed by atoms with Crippen molar-refractivity contribution in [1.29, 1.82) is 0 Å². The number of fused-ring (bicyclic) bond motifs is 5. The molecule has 4 nitrogen and oxygen atoms in total. The van der Waals surface area contributed by atoms with Crippen molar-refractivity contribution in [2.45, 2.75) is 91.1 Å². The van der Waals surface area contributed by atoms with Gasteiger partial charge in [0, 0.05) is 6.42 Å². The molecule has 3 saturated carbocycles. The highest BCUT2D eigenvalue weighted by Crippen LogP contribution is 2.66. The monoisotopic (exact) mass is 388 g/mol. The first kappa shape index (κ1) is 20.0. The maximum absolute atomic E-state index is 11.8. The van der Waals surface area contributed by atoms with Crippen LogP contribution in [0.25, 0.3) is 0 Å². The van der Waals surface area contributed by atoms with Crippen molar-refractivity contribution in [3.63, 3.8) is 0 Å². The highest BCUT2D eigenvalue weighted by atomic mass is 16.5. The van der Waals surface area contributed by atoms with Gasteiger partial charge in [0.15, 0.2) is 0 Å². The van der Waals surface area contributed by atoms with Gasteiger partial charge >= 0.3 is 11.9 Å². The summed E-state index contributed by atoms with van der Waals surface area (Å²) in [6.45, 7) is 7.41. The van der Waals surface area contributed by atoms with Gasteiger partial charge in [0.1, 0.15) is 12.5 Å². The van der Waals surface area contributed by atoms with Crippen LogP contribution < -0.4 is 0 Å². The molecule has 0 aromatic rings. The number of aliphatic carboxylic acids is 1. The number of carbonyl (C=O) groups is 2. The zero-order valence-electron chi connectivity index (χ0n) is 17.7. The SMILES string of the molecule is CC[C@H]1CC[C@H]2[C@@H]3CC=C4C[C@@H](OC(=O)CC(=O)O)CC[C@]4(C)[C@H]3CC[C@]12C. The minimum atomic E-state index is -1.11. The Labute approximate surface area is 169 Å². The standard InChI is InChI=1S/C24H36O4/c1-4-15-6-8-19-18-7-5-16-13-17(28-22(27)14-21(25)26)9-11-24(16,3)20(18)10-12-23(15,19)2/h5,15,17-20H,4,6-14H2,1-3H3,(H,25,26)/t15-,17-,18-,19-,20-,23+,24-/m0/s1. The Morgan fingerprint density at radius 3 is 2.64 bits per heavy atom. The zero-order valence-corrected chi connectivity index (χ0v) is 17.7. The van der Waals surface area contributed by atoms with Gasteiger partial charge in [-0.1, -0.05) is 38.8 Å². The topological polar surface area (TPSA) is 63.6 Å². The van der Waals surface area contributed by atoms with Gasteiger partial charge in [-0.15, -0.1) is 0 Å². The molecule has 28 heavy (non-hydrogen) atoms. The fourth-order valence-electron chi connectivity index (χ4n) is 7.86. The number of carboxylic acids is 1. The number of hydrogen-bond donors (Lipinski definition) is 1. The van der Waals surface area contributed by atoms with Crippen LogP contribution in [-0.4, -0.2) is 23.1 Å². The summed E-state index contributed by atoms with van der Waals surface area (Å²) in [5, 5.41) is 8.79. The molecule has 0 heterocycles. The van der Waals surface area contributed by atoms with Crippen molar-refractivity contribution in [3.8, 4) is 0 Å². The zero-order chi connectivity index (χ0) is 20.1. The van der Waals surface area contributed by atoms with E-state index in [2.05, 4.69) is 26.8 Å². The molecule has 3 fully saturated rings. The second kappa shape index (κ2) is 7.18. The summed E-state index contributed by atoms with van der Waals surface area (Å²) in [5.74, 6) is 1.64. The average Bonchev–Trinajstić information content (AvgIpc) is 2.97. The lowest BCUT2D eigenvalue weighted by molar-refractivity contribution is -0.156. The largest absolute Gasteiger partial charge is 0.481 e. The van der Waals surface area contributed by atoms with Gasteiger partial charge in [-0.25, -0.2) is 0 Å². The van der Waals surface area contributed by atoms with Gasteiger partial charge in [0.25, 0.3) is 0 Å². The summed E-state index contributed by atoms with van der Waals surface area (Å²) < 4.78 is 5.49. The summed E-state index contributed by atoms with van der Waals surface area (Å²) in [6.07, 6.45) is 12.6. The molecular formula is C24H36O4. The Kier molecular flexibility index (Phi) is 5.12. The number of esters is 1. The molecule has 4 rings (SSSR count). The Bertz CT molecular complexity index is 682. The Hall–Kier alpha value is -1.32. The third-order valence-electron chi connectivity index (χ3n) is 9.34. The fourth-order valence-corrected chi connectivity index (χ4v) is 7.86. The lowest BCUT2D eigenvalue weighted by atomic mass is 9.47. The van der Waals surface area contributed by atoms with Crippen LogP contribution >= 0.6 is 0 Å². The van der Waals surface area contributed by atoms with E-state index in [0.717, 1.165) is 42.9 Å². The van der Waals surface area contributed by atoms with Crippen molar-refractivity contribution in [2.75, 3.05) is 0 Å². The maximum Gasteiger partial charge on any atom is 0.317 e. The van der Waals surface area contributed by atoms with Gasteiger partial charge in [0.2, 0.25) is 0 Å². The van der Waals surface area contributed by atoms with E-state index in [1.807, 2.05) is 0 Å². The van der Waals surface area contributed by atoms with Gasteiger partial charge in [0.05, 0.1) is 0 Å². The van der Waals surface area contributed by atoms with Gasteiger partial charge in [-0.2, -0.15) is 0 Å². The lowest BCUT2D eigenvalue weighted by Crippen LogP contribution is -2.50. The number of rotatable bonds is 4. The van der Waals surface area contributed by atoms with E-state index in [9.17, 15) is 9.59 Å². The minimum absolute atomic E-state index is 0.146. The summed E-state index contributed by atoms with van der Waals surface area (Å²) in [7, 11) is 0. The number of ether oxygens (including phenoxy) is 1.